The quantitative estimate of drug-likeness (QED) is 0.431. The number of esters is 1. The van der Waals surface area contributed by atoms with Gasteiger partial charge in [-0.15, -0.1) is 0 Å². The van der Waals surface area contributed by atoms with Crippen molar-refractivity contribution < 1.29 is 19.4 Å². The van der Waals surface area contributed by atoms with Crippen LogP contribution in [0, 0.1) is 5.92 Å². The number of aliphatic hydroxyl groups is 1. The molecule has 2 aromatic heterocycles. The molecule has 2 fully saturated rings. The van der Waals surface area contributed by atoms with Gasteiger partial charge in [-0.3, -0.25) is 14.2 Å². The van der Waals surface area contributed by atoms with Crippen LogP contribution in [0.1, 0.15) is 52.2 Å². The van der Waals surface area contributed by atoms with Crippen molar-refractivity contribution in [3.8, 4) is 0 Å². The summed E-state index contributed by atoms with van der Waals surface area (Å²) in [4.78, 5) is 33.2. The van der Waals surface area contributed by atoms with Gasteiger partial charge in [0, 0.05) is 12.5 Å². The Morgan fingerprint density at radius 1 is 1.38 bits per heavy atom. The molecule has 176 valence electrons. The molecule has 1 aliphatic carbocycles. The van der Waals surface area contributed by atoms with Crippen molar-refractivity contribution in [2.75, 3.05) is 17.7 Å². The zero-order valence-corrected chi connectivity index (χ0v) is 19.0. The van der Waals surface area contributed by atoms with Crippen molar-refractivity contribution in [1.29, 1.82) is 0 Å². The predicted octanol–water partition coefficient (Wildman–Crippen LogP) is 0.965. The average Bonchev–Trinajstić information content (AvgIpc) is 3.44. The minimum Gasteiger partial charge on any atom is -0.462 e. The molecule has 0 aromatic carbocycles. The highest BCUT2D eigenvalue weighted by Gasteiger charge is 2.38. The molecule has 32 heavy (non-hydrogen) atoms. The van der Waals surface area contributed by atoms with E-state index in [9.17, 15) is 14.7 Å². The zero-order valence-electron chi connectivity index (χ0n) is 18.2. The number of aliphatic hydroxyl groups excluding tert-OH is 1. The summed E-state index contributed by atoms with van der Waals surface area (Å²) in [7, 11) is 0. The van der Waals surface area contributed by atoms with Gasteiger partial charge in [0.2, 0.25) is 5.95 Å². The smallest absolute Gasteiger partial charge is 0.323 e. The Balaban J connectivity index is 1.53. The lowest BCUT2D eigenvalue weighted by Crippen LogP contribution is -2.39. The first-order valence-corrected chi connectivity index (χ1v) is 11.8. The van der Waals surface area contributed by atoms with Crippen LogP contribution in [0.25, 0.3) is 10.3 Å². The number of rotatable bonds is 7. The molecule has 12 heteroatoms. The van der Waals surface area contributed by atoms with Crippen LogP contribution in [-0.2, 0) is 14.3 Å². The third-order valence-corrected chi connectivity index (χ3v) is 7.00. The molecule has 6 N–H and O–H groups in total. The van der Waals surface area contributed by atoms with E-state index >= 15 is 0 Å². The first-order chi connectivity index (χ1) is 15.2. The third kappa shape index (κ3) is 4.58. The van der Waals surface area contributed by atoms with Crippen LogP contribution in [-0.4, -0.2) is 56.5 Å². The molecular weight excluding hydrogens is 436 g/mol. The molecule has 3 heterocycles. The minimum atomic E-state index is -0.916. The molecule has 4 atom stereocenters. The van der Waals surface area contributed by atoms with E-state index in [-0.39, 0.29) is 29.8 Å². The molecular formula is C20H30N6O5S. The average molecular weight is 467 g/mol. The van der Waals surface area contributed by atoms with E-state index in [1.807, 2.05) is 13.8 Å². The van der Waals surface area contributed by atoms with Gasteiger partial charge in [0.1, 0.15) is 29.7 Å². The number of thiazole rings is 1. The number of hydrogen-bond acceptors (Lipinski definition) is 11. The third-order valence-electron chi connectivity index (χ3n) is 6.05. The second kappa shape index (κ2) is 9.30. The van der Waals surface area contributed by atoms with Crippen molar-refractivity contribution >= 4 is 39.4 Å². The van der Waals surface area contributed by atoms with E-state index in [0.29, 0.717) is 22.2 Å². The van der Waals surface area contributed by atoms with Crippen LogP contribution in [0.4, 0.5) is 11.8 Å². The molecule has 0 radical (unpaired) electrons. The minimum absolute atomic E-state index is 0.0521. The molecule has 0 unspecified atom stereocenters. The highest BCUT2D eigenvalue weighted by Crippen LogP contribution is 2.34. The van der Waals surface area contributed by atoms with E-state index in [1.165, 1.54) is 4.57 Å². The highest BCUT2D eigenvalue weighted by atomic mass is 32.1. The van der Waals surface area contributed by atoms with Crippen LogP contribution in [0.5, 0.6) is 0 Å². The summed E-state index contributed by atoms with van der Waals surface area (Å²) in [5.74, 6) is -0.0265. The number of aromatic nitrogens is 3. The Morgan fingerprint density at radius 2 is 2.09 bits per heavy atom. The normalized spacial score (nSPS) is 25.0. The van der Waals surface area contributed by atoms with Gasteiger partial charge in [-0.2, -0.15) is 9.97 Å². The van der Waals surface area contributed by atoms with Crippen LogP contribution in [0.2, 0.25) is 0 Å². The lowest BCUT2D eigenvalue weighted by Gasteiger charge is -2.18. The van der Waals surface area contributed by atoms with E-state index in [4.69, 9.17) is 20.9 Å². The molecule has 4 rings (SSSR count). The van der Waals surface area contributed by atoms with E-state index < -0.39 is 30.4 Å². The summed E-state index contributed by atoms with van der Waals surface area (Å²) in [5, 5.41) is 13.8. The number of nitrogens with two attached hydrogens (primary N) is 2. The number of nitrogens with zero attached hydrogens (tertiary/aromatic N) is 3. The van der Waals surface area contributed by atoms with E-state index in [2.05, 4.69) is 15.3 Å². The molecule has 2 aliphatic rings. The fraction of sp³-hybridized carbons (Fsp3) is 0.700. The fourth-order valence-electron chi connectivity index (χ4n) is 4.11. The number of fused-ring (bicyclic) bond motifs is 1. The molecule has 11 nitrogen and oxygen atoms in total. The summed E-state index contributed by atoms with van der Waals surface area (Å²) in [6.07, 6.45) is 2.09. The van der Waals surface area contributed by atoms with Gasteiger partial charge in [0.05, 0.1) is 6.10 Å². The fourth-order valence-corrected chi connectivity index (χ4v) is 5.02. The number of anilines is 2. The second-order valence-corrected chi connectivity index (χ2v) is 9.74. The number of hydrogen-bond donors (Lipinski definition) is 4. The Bertz CT molecular complexity index is 1030. The monoisotopic (exact) mass is 466 g/mol. The Labute approximate surface area is 189 Å². The van der Waals surface area contributed by atoms with Gasteiger partial charge < -0.3 is 31.4 Å². The Hall–Kier alpha value is -2.28. The Morgan fingerprint density at radius 3 is 2.78 bits per heavy atom. The van der Waals surface area contributed by atoms with Crippen LogP contribution in [0.15, 0.2) is 4.79 Å². The maximum Gasteiger partial charge on any atom is 0.323 e. The molecule has 1 saturated heterocycles. The number of nitrogens with one attached hydrogen (secondary N) is 1. The van der Waals surface area contributed by atoms with Crippen molar-refractivity contribution in [3.63, 3.8) is 0 Å². The van der Waals surface area contributed by atoms with Gasteiger partial charge in [0.25, 0.3) is 0 Å². The van der Waals surface area contributed by atoms with Crippen LogP contribution < -0.4 is 21.7 Å². The number of nitrogen functional groups attached to an aromatic ring is 1. The maximum absolute atomic E-state index is 12.9. The molecule has 0 amide bonds. The predicted molar refractivity (Wildman–Crippen MR) is 120 cm³/mol. The Kier molecular flexibility index (Phi) is 6.65. The summed E-state index contributed by atoms with van der Waals surface area (Å²) >= 11 is 1.01. The summed E-state index contributed by atoms with van der Waals surface area (Å²) in [6.45, 7) is 3.49. The second-order valence-electron chi connectivity index (χ2n) is 8.78. The van der Waals surface area contributed by atoms with E-state index in [1.54, 1.807) is 0 Å². The first kappa shape index (κ1) is 22.9. The maximum atomic E-state index is 12.9. The molecule has 2 aromatic rings. The highest BCUT2D eigenvalue weighted by molar-refractivity contribution is 7.17. The summed E-state index contributed by atoms with van der Waals surface area (Å²) in [6, 6.07) is -0.461. The summed E-state index contributed by atoms with van der Waals surface area (Å²) < 4.78 is 13.1. The number of ether oxygens (including phenoxy) is 2. The zero-order chi connectivity index (χ0) is 23.0. The van der Waals surface area contributed by atoms with Crippen molar-refractivity contribution in [1.82, 2.24) is 14.5 Å². The largest absolute Gasteiger partial charge is 0.462 e. The lowest BCUT2D eigenvalue weighted by molar-refractivity contribution is -0.152. The van der Waals surface area contributed by atoms with Crippen LogP contribution in [0.3, 0.4) is 0 Å². The molecule has 0 bridgehead atoms. The molecule has 1 saturated carbocycles. The lowest BCUT2D eigenvalue weighted by atomic mass is 10.1. The van der Waals surface area contributed by atoms with Crippen molar-refractivity contribution in [2.24, 2.45) is 11.7 Å². The molecule has 0 spiro atoms. The van der Waals surface area contributed by atoms with Gasteiger partial charge >= 0.3 is 10.8 Å². The molecule has 1 aliphatic heterocycles. The van der Waals surface area contributed by atoms with Gasteiger partial charge in [-0.1, -0.05) is 38.0 Å². The topological polar surface area (TPSA) is 168 Å². The number of carbonyl (C=O) groups is 1. The van der Waals surface area contributed by atoms with Gasteiger partial charge in [-0.25, -0.2) is 0 Å². The van der Waals surface area contributed by atoms with E-state index in [0.717, 1.165) is 37.0 Å². The first-order valence-electron chi connectivity index (χ1n) is 11.0. The summed E-state index contributed by atoms with van der Waals surface area (Å²) in [5.41, 5.74) is 12.1. The van der Waals surface area contributed by atoms with Crippen molar-refractivity contribution in [2.45, 2.75) is 76.5 Å². The standard InChI is InChI=1S/C20H30N6O5S/c1-9(2)14(21)18(28)30-8-12-11(27)7-13(31-12)26-17-15(32-20(26)29)16(24-19(22)25-17)23-10-5-3-4-6-10/h9-14,27H,3-8,21H2,1-2H3,(H3,22,23,24,25)/t11-,12+,13+,14-/m0/s1. The van der Waals surface area contributed by atoms with Gasteiger partial charge in [0.15, 0.2) is 11.5 Å². The number of carbonyl (C=O) groups excluding carboxylic acids is 1. The van der Waals surface area contributed by atoms with Gasteiger partial charge in [-0.05, 0) is 18.8 Å². The van der Waals surface area contributed by atoms with Crippen LogP contribution >= 0.6 is 11.3 Å². The SMILES string of the molecule is CC(C)[C@H](N)C(=O)OC[C@H]1O[C@@H](n2c(=O)sc3c(NC4CCCC4)nc(N)nc32)C[C@@H]1O. The van der Waals surface area contributed by atoms with Crippen molar-refractivity contribution in [3.05, 3.63) is 9.67 Å².